The maximum atomic E-state index is 12.5. The monoisotopic (exact) mass is 382 g/mol. The zero-order chi connectivity index (χ0) is 19.8. The Hall–Kier alpha value is -3.69. The molecule has 10 heteroatoms. The summed E-state index contributed by atoms with van der Waals surface area (Å²) in [5.74, 6) is 0.565. The van der Waals surface area contributed by atoms with E-state index in [4.69, 9.17) is 4.52 Å². The summed E-state index contributed by atoms with van der Waals surface area (Å²) in [5.41, 5.74) is 0.417. The second kappa shape index (κ2) is 6.80. The molecular formula is C18H18N6O4. The molecule has 28 heavy (non-hydrogen) atoms. The molecule has 144 valence electrons. The molecule has 0 fully saturated rings. The number of anilines is 3. The van der Waals surface area contributed by atoms with Crippen LogP contribution in [0.3, 0.4) is 0 Å². The topological polar surface area (TPSA) is 115 Å². The molecule has 0 spiro atoms. The highest BCUT2D eigenvalue weighted by Gasteiger charge is 2.26. The summed E-state index contributed by atoms with van der Waals surface area (Å²) in [6.45, 7) is 4.14. The number of hydrogen-bond acceptors (Lipinski definition) is 7. The van der Waals surface area contributed by atoms with E-state index in [-0.39, 0.29) is 5.82 Å². The molecule has 1 aliphatic rings. The molecule has 1 N–H and O–H groups in total. The first-order chi connectivity index (χ1) is 13.4. The maximum Gasteiger partial charge on any atom is 0.333 e. The number of fused-ring (bicyclic) bond motifs is 1. The molecule has 0 saturated carbocycles. The van der Waals surface area contributed by atoms with Gasteiger partial charge >= 0.3 is 11.1 Å². The lowest BCUT2D eigenvalue weighted by atomic mass is 10.2. The van der Waals surface area contributed by atoms with E-state index in [1.54, 1.807) is 13.0 Å². The van der Waals surface area contributed by atoms with Crippen molar-refractivity contribution in [1.82, 2.24) is 19.5 Å². The highest BCUT2D eigenvalue weighted by Crippen LogP contribution is 2.26. The van der Waals surface area contributed by atoms with Crippen molar-refractivity contribution in [3.63, 3.8) is 0 Å². The van der Waals surface area contributed by atoms with Crippen LogP contribution in [0.25, 0.3) is 0 Å². The van der Waals surface area contributed by atoms with Crippen LogP contribution in [0.5, 0.6) is 0 Å². The van der Waals surface area contributed by atoms with E-state index >= 15 is 0 Å². The van der Waals surface area contributed by atoms with Crippen LogP contribution in [-0.4, -0.2) is 32.0 Å². The Morgan fingerprint density at radius 2 is 1.89 bits per heavy atom. The van der Waals surface area contributed by atoms with Crippen molar-refractivity contribution in [2.24, 2.45) is 0 Å². The molecule has 1 aliphatic heterocycles. The van der Waals surface area contributed by atoms with E-state index in [0.717, 1.165) is 15.9 Å². The summed E-state index contributed by atoms with van der Waals surface area (Å²) in [4.78, 5) is 38.9. The van der Waals surface area contributed by atoms with Gasteiger partial charge in [-0.05, 0) is 26.0 Å². The zero-order valence-corrected chi connectivity index (χ0v) is 15.4. The summed E-state index contributed by atoms with van der Waals surface area (Å²) < 4.78 is 7.09. The largest absolute Gasteiger partial charge is 0.360 e. The normalized spacial score (nSPS) is 12.9. The molecule has 4 rings (SSSR count). The predicted molar refractivity (Wildman–Crippen MR) is 101 cm³/mol. The van der Waals surface area contributed by atoms with Crippen molar-refractivity contribution in [2.75, 3.05) is 16.8 Å². The number of amides is 1. The highest BCUT2D eigenvalue weighted by molar-refractivity contribution is 5.89. The fourth-order valence-corrected chi connectivity index (χ4v) is 3.05. The summed E-state index contributed by atoms with van der Waals surface area (Å²) in [6, 6.07) is 9.31. The summed E-state index contributed by atoms with van der Waals surface area (Å²) in [7, 11) is 0. The second-order valence-corrected chi connectivity index (χ2v) is 6.58. The van der Waals surface area contributed by atoms with Gasteiger partial charge in [-0.15, -0.1) is 5.10 Å². The smallest absolute Gasteiger partial charge is 0.333 e. The summed E-state index contributed by atoms with van der Waals surface area (Å²) in [5, 5.41) is 10.4. The quantitative estimate of drug-likeness (QED) is 0.664. The van der Waals surface area contributed by atoms with Crippen molar-refractivity contribution in [3.8, 4) is 0 Å². The number of hydrogen-bond donors (Lipinski definition) is 1. The molecular weight excluding hydrogens is 364 g/mol. The first kappa shape index (κ1) is 17.7. The lowest BCUT2D eigenvalue weighted by Gasteiger charge is -2.18. The third kappa shape index (κ3) is 3.20. The minimum Gasteiger partial charge on any atom is -0.360 e. The van der Waals surface area contributed by atoms with Gasteiger partial charge in [0.25, 0.3) is 0 Å². The Bertz CT molecular complexity index is 1160. The van der Waals surface area contributed by atoms with Crippen molar-refractivity contribution < 1.29 is 9.32 Å². The minimum absolute atomic E-state index is 0.231. The molecule has 0 unspecified atom stereocenters. The Labute approximate surface area is 159 Å². The predicted octanol–water partition coefficient (Wildman–Crippen LogP) is 0.800. The molecule has 0 radical (unpaired) electrons. The highest BCUT2D eigenvalue weighted by atomic mass is 16.5. The number of rotatable bonds is 4. The third-order valence-corrected chi connectivity index (χ3v) is 4.44. The Balaban J connectivity index is 1.64. The lowest BCUT2D eigenvalue weighted by Crippen LogP contribution is -2.44. The third-order valence-electron chi connectivity index (χ3n) is 4.44. The van der Waals surface area contributed by atoms with Gasteiger partial charge in [-0.25, -0.2) is 4.68 Å². The van der Waals surface area contributed by atoms with Gasteiger partial charge in [-0.2, -0.15) is 0 Å². The molecule has 0 aliphatic carbocycles. The maximum absolute atomic E-state index is 12.5. The van der Waals surface area contributed by atoms with Gasteiger partial charge in [0, 0.05) is 24.8 Å². The number of carbonyl (C=O) groups is 1. The number of aryl methyl sites for hydroxylation is 2. The van der Waals surface area contributed by atoms with Gasteiger partial charge in [0.15, 0.2) is 5.82 Å². The van der Waals surface area contributed by atoms with E-state index in [0.29, 0.717) is 24.8 Å². The Kier molecular flexibility index (Phi) is 4.30. The molecule has 3 aromatic rings. The van der Waals surface area contributed by atoms with Crippen LogP contribution in [0.4, 0.5) is 17.5 Å². The van der Waals surface area contributed by atoms with Gasteiger partial charge in [-0.1, -0.05) is 22.9 Å². The van der Waals surface area contributed by atoms with E-state index in [9.17, 15) is 14.4 Å². The number of carbonyl (C=O) groups excluding carboxylic acids is 1. The van der Waals surface area contributed by atoms with Crippen molar-refractivity contribution >= 4 is 23.4 Å². The van der Waals surface area contributed by atoms with Crippen LogP contribution < -0.4 is 21.3 Å². The van der Waals surface area contributed by atoms with E-state index in [2.05, 4.69) is 15.6 Å². The average Bonchev–Trinajstić information content (AvgIpc) is 3.26. The second-order valence-electron chi connectivity index (χ2n) is 6.58. The summed E-state index contributed by atoms with van der Waals surface area (Å²) in [6.07, 6.45) is 0. The number of benzene rings is 1. The van der Waals surface area contributed by atoms with Gasteiger partial charge < -0.3 is 14.7 Å². The van der Waals surface area contributed by atoms with E-state index in [1.165, 1.54) is 4.57 Å². The van der Waals surface area contributed by atoms with Gasteiger partial charge in [0.1, 0.15) is 12.3 Å². The van der Waals surface area contributed by atoms with Crippen LogP contribution in [0, 0.1) is 13.8 Å². The molecule has 1 aromatic carbocycles. The minimum atomic E-state index is -0.846. The van der Waals surface area contributed by atoms with Crippen LogP contribution in [0.15, 0.2) is 44.4 Å². The molecule has 3 heterocycles. The number of aromatic nitrogens is 4. The molecule has 1 amide bonds. The van der Waals surface area contributed by atoms with Crippen LogP contribution in [0.1, 0.15) is 11.3 Å². The first-order valence-corrected chi connectivity index (χ1v) is 8.72. The standard InChI is InChI=1S/C18H18N6O4/c1-11-3-5-13(6-4-11)22-7-8-23-16(26)17(27)24(20-18(22)23)10-15(25)19-14-9-12(2)28-21-14/h3-6,9H,7-8,10H2,1-2H3,(H,19,21,25). The van der Waals surface area contributed by atoms with E-state index < -0.39 is 23.6 Å². The SMILES string of the molecule is Cc1ccc(N2CCn3c2nn(CC(=O)Nc2cc(C)on2)c(=O)c3=O)cc1. The lowest BCUT2D eigenvalue weighted by molar-refractivity contribution is -0.117. The zero-order valence-electron chi connectivity index (χ0n) is 15.4. The molecule has 0 bridgehead atoms. The molecule has 10 nitrogen and oxygen atoms in total. The van der Waals surface area contributed by atoms with E-state index in [1.807, 2.05) is 36.1 Å². The van der Waals surface area contributed by atoms with Crippen molar-refractivity contribution in [2.45, 2.75) is 26.9 Å². The van der Waals surface area contributed by atoms with Crippen LogP contribution in [0.2, 0.25) is 0 Å². The van der Waals surface area contributed by atoms with Gasteiger partial charge in [0.2, 0.25) is 11.9 Å². The molecule has 0 saturated heterocycles. The first-order valence-electron chi connectivity index (χ1n) is 8.72. The van der Waals surface area contributed by atoms with Crippen LogP contribution >= 0.6 is 0 Å². The fourth-order valence-electron chi connectivity index (χ4n) is 3.05. The Morgan fingerprint density at radius 3 is 2.57 bits per heavy atom. The van der Waals surface area contributed by atoms with Gasteiger partial charge in [-0.3, -0.25) is 19.0 Å². The van der Waals surface area contributed by atoms with Crippen LogP contribution in [-0.2, 0) is 17.9 Å². The molecule has 2 aromatic heterocycles. The number of nitrogens with one attached hydrogen (secondary N) is 1. The average molecular weight is 382 g/mol. The molecule has 0 atom stereocenters. The fraction of sp³-hybridized carbons (Fsp3) is 0.278. The van der Waals surface area contributed by atoms with Gasteiger partial charge in [0.05, 0.1) is 0 Å². The van der Waals surface area contributed by atoms with Crippen molar-refractivity contribution in [3.05, 3.63) is 62.4 Å². The van der Waals surface area contributed by atoms with Crippen molar-refractivity contribution in [1.29, 1.82) is 0 Å². The number of nitrogens with zero attached hydrogens (tertiary/aromatic N) is 5. The Morgan fingerprint density at radius 1 is 1.14 bits per heavy atom. The summed E-state index contributed by atoms with van der Waals surface area (Å²) >= 11 is 0.